The number of amides is 1. The summed E-state index contributed by atoms with van der Waals surface area (Å²) in [6.45, 7) is 0.366. The summed E-state index contributed by atoms with van der Waals surface area (Å²) in [6, 6.07) is 12.3. The minimum absolute atomic E-state index is 0.0618. The first kappa shape index (κ1) is 24.2. The van der Waals surface area contributed by atoms with Crippen molar-refractivity contribution in [3.63, 3.8) is 0 Å². The van der Waals surface area contributed by atoms with Gasteiger partial charge in [-0.25, -0.2) is 17.6 Å². The van der Waals surface area contributed by atoms with Gasteiger partial charge in [-0.2, -0.15) is 0 Å². The number of halogens is 1. The topological polar surface area (TPSA) is 84.0 Å². The zero-order chi connectivity index (χ0) is 24.1. The second kappa shape index (κ2) is 10.5. The minimum Gasteiger partial charge on any atom is -0.452 e. The smallest absolute Gasteiger partial charge is 0.338 e. The summed E-state index contributed by atoms with van der Waals surface area (Å²) in [7, 11) is -3.30. The molecular weight excluding hydrogens is 459 g/mol. The van der Waals surface area contributed by atoms with Gasteiger partial charge in [-0.3, -0.25) is 9.10 Å². The maximum absolute atomic E-state index is 13.3. The molecule has 1 saturated heterocycles. The van der Waals surface area contributed by atoms with E-state index >= 15 is 0 Å². The first-order chi connectivity index (χ1) is 16.3. The first-order valence-electron chi connectivity index (χ1n) is 11.6. The molecule has 1 amide bonds. The molecule has 7 nitrogen and oxygen atoms in total. The molecule has 2 aromatic rings. The molecule has 2 aliphatic rings. The lowest BCUT2D eigenvalue weighted by molar-refractivity contribution is -0.138. The third-order valence-corrected chi connectivity index (χ3v) is 8.29. The largest absolute Gasteiger partial charge is 0.452 e. The fourth-order valence-corrected chi connectivity index (χ4v) is 6.15. The number of sulfonamides is 1. The van der Waals surface area contributed by atoms with E-state index in [1.54, 1.807) is 29.2 Å². The highest BCUT2D eigenvalue weighted by atomic mass is 32.2. The van der Waals surface area contributed by atoms with Crippen LogP contribution in [-0.4, -0.2) is 50.1 Å². The molecule has 1 aliphatic carbocycles. The van der Waals surface area contributed by atoms with Crippen molar-refractivity contribution < 1.29 is 27.1 Å². The number of hydrogen-bond acceptors (Lipinski definition) is 5. The van der Waals surface area contributed by atoms with Crippen LogP contribution < -0.4 is 4.31 Å². The summed E-state index contributed by atoms with van der Waals surface area (Å²) >= 11 is 0. The summed E-state index contributed by atoms with van der Waals surface area (Å²) in [4.78, 5) is 27.3. The molecule has 1 aliphatic heterocycles. The third-order valence-electron chi connectivity index (χ3n) is 6.42. The fourth-order valence-electron chi connectivity index (χ4n) is 4.59. The van der Waals surface area contributed by atoms with E-state index in [0.29, 0.717) is 25.2 Å². The van der Waals surface area contributed by atoms with E-state index in [1.807, 2.05) is 0 Å². The molecular formula is C25H29FN2O5S. The Labute approximate surface area is 199 Å². The van der Waals surface area contributed by atoms with Crippen molar-refractivity contribution in [2.24, 2.45) is 0 Å². The predicted octanol–water partition coefficient (Wildman–Crippen LogP) is 3.88. The Morgan fingerprint density at radius 2 is 1.65 bits per heavy atom. The van der Waals surface area contributed by atoms with Crippen molar-refractivity contribution in [3.8, 4) is 0 Å². The maximum Gasteiger partial charge on any atom is 0.338 e. The Bertz CT molecular complexity index is 1110. The number of nitrogens with zero attached hydrogens (tertiary/aromatic N) is 2. The van der Waals surface area contributed by atoms with Gasteiger partial charge in [0.1, 0.15) is 5.82 Å². The molecule has 2 fully saturated rings. The van der Waals surface area contributed by atoms with Gasteiger partial charge in [0.2, 0.25) is 10.0 Å². The monoisotopic (exact) mass is 488 g/mol. The summed E-state index contributed by atoms with van der Waals surface area (Å²) < 4.78 is 44.1. The number of benzene rings is 2. The predicted molar refractivity (Wildman–Crippen MR) is 126 cm³/mol. The molecule has 182 valence electrons. The zero-order valence-corrected chi connectivity index (χ0v) is 19.8. The van der Waals surface area contributed by atoms with Gasteiger partial charge in [-0.15, -0.1) is 0 Å². The van der Waals surface area contributed by atoms with E-state index in [1.165, 1.54) is 28.6 Å². The number of carbonyl (C=O) groups excluding carboxylic acids is 2. The van der Waals surface area contributed by atoms with Gasteiger partial charge in [-0.05, 0) is 61.2 Å². The Morgan fingerprint density at radius 1 is 0.971 bits per heavy atom. The second-order valence-corrected chi connectivity index (χ2v) is 10.8. The lowest BCUT2D eigenvalue weighted by Gasteiger charge is -2.34. The molecule has 0 aromatic heterocycles. The Kier molecular flexibility index (Phi) is 7.50. The lowest BCUT2D eigenvalue weighted by atomic mass is 9.93. The highest BCUT2D eigenvalue weighted by Gasteiger charge is 2.29. The Morgan fingerprint density at radius 3 is 2.26 bits per heavy atom. The van der Waals surface area contributed by atoms with Crippen molar-refractivity contribution in [1.29, 1.82) is 0 Å². The lowest BCUT2D eigenvalue weighted by Crippen LogP contribution is -2.43. The van der Waals surface area contributed by atoms with Crippen LogP contribution in [0.25, 0.3) is 0 Å². The van der Waals surface area contributed by atoms with Gasteiger partial charge in [0.15, 0.2) is 6.61 Å². The van der Waals surface area contributed by atoms with Crippen molar-refractivity contribution in [1.82, 2.24) is 4.90 Å². The average molecular weight is 489 g/mol. The highest BCUT2D eigenvalue weighted by molar-refractivity contribution is 7.93. The van der Waals surface area contributed by atoms with E-state index in [4.69, 9.17) is 4.74 Å². The molecule has 1 heterocycles. The molecule has 0 atom stereocenters. The SMILES string of the molecule is O=C(OCC(=O)N(Cc1ccc(F)cc1)C1CCCCC1)c1ccc(N2CCCS2(=O)=O)cc1. The van der Waals surface area contributed by atoms with E-state index in [-0.39, 0.29) is 29.1 Å². The van der Waals surface area contributed by atoms with Crippen LogP contribution in [0.2, 0.25) is 0 Å². The van der Waals surface area contributed by atoms with Crippen molar-refractivity contribution in [2.75, 3.05) is 23.2 Å². The van der Waals surface area contributed by atoms with E-state index in [0.717, 1.165) is 37.7 Å². The number of hydrogen-bond donors (Lipinski definition) is 0. The van der Waals surface area contributed by atoms with Gasteiger partial charge in [0, 0.05) is 19.1 Å². The molecule has 0 radical (unpaired) electrons. The van der Waals surface area contributed by atoms with Crippen molar-refractivity contribution in [3.05, 3.63) is 65.5 Å². The minimum atomic E-state index is -3.30. The van der Waals surface area contributed by atoms with Crippen LogP contribution in [0.4, 0.5) is 10.1 Å². The summed E-state index contributed by atoms with van der Waals surface area (Å²) in [5.41, 5.74) is 1.57. The Hall–Kier alpha value is -2.94. The average Bonchev–Trinajstić information content (AvgIpc) is 3.21. The number of esters is 1. The summed E-state index contributed by atoms with van der Waals surface area (Å²) in [5, 5.41) is 0. The van der Waals surface area contributed by atoms with Crippen LogP contribution in [0.1, 0.15) is 54.4 Å². The zero-order valence-electron chi connectivity index (χ0n) is 19.0. The maximum atomic E-state index is 13.3. The third kappa shape index (κ3) is 5.75. The first-order valence-corrected chi connectivity index (χ1v) is 13.3. The van der Waals surface area contributed by atoms with Crippen LogP contribution in [0.15, 0.2) is 48.5 Å². The van der Waals surface area contributed by atoms with Crippen LogP contribution >= 0.6 is 0 Å². The molecule has 9 heteroatoms. The standard InChI is InChI=1S/C25H29FN2O5S/c26-21-11-7-19(8-12-21)17-27(22-5-2-1-3-6-22)24(29)18-33-25(30)20-9-13-23(14-10-20)28-15-4-16-34(28,31)32/h7-14,22H,1-6,15-18H2. The van der Waals surface area contributed by atoms with Gasteiger partial charge in [0.05, 0.1) is 17.0 Å². The second-order valence-electron chi connectivity index (χ2n) is 8.80. The molecule has 0 bridgehead atoms. The van der Waals surface area contributed by atoms with Crippen LogP contribution in [0.5, 0.6) is 0 Å². The highest BCUT2D eigenvalue weighted by Crippen LogP contribution is 2.26. The van der Waals surface area contributed by atoms with E-state index in [2.05, 4.69) is 0 Å². The summed E-state index contributed by atoms with van der Waals surface area (Å²) in [5.74, 6) is -1.14. The van der Waals surface area contributed by atoms with Crippen LogP contribution in [0.3, 0.4) is 0 Å². The summed E-state index contributed by atoms with van der Waals surface area (Å²) in [6.07, 6.45) is 5.57. The molecule has 0 spiro atoms. The normalized spacial score (nSPS) is 18.0. The molecule has 1 saturated carbocycles. The number of carbonyl (C=O) groups is 2. The molecule has 0 unspecified atom stereocenters. The molecule has 4 rings (SSSR count). The molecule has 2 aromatic carbocycles. The Balaban J connectivity index is 1.39. The number of rotatable bonds is 7. The van der Waals surface area contributed by atoms with E-state index < -0.39 is 22.6 Å². The van der Waals surface area contributed by atoms with Gasteiger partial charge in [-0.1, -0.05) is 31.4 Å². The number of ether oxygens (including phenoxy) is 1. The van der Waals surface area contributed by atoms with Crippen LogP contribution in [-0.2, 0) is 26.1 Å². The fraction of sp³-hybridized carbons (Fsp3) is 0.440. The van der Waals surface area contributed by atoms with E-state index in [9.17, 15) is 22.4 Å². The molecule has 34 heavy (non-hydrogen) atoms. The van der Waals surface area contributed by atoms with Crippen molar-refractivity contribution >= 4 is 27.6 Å². The van der Waals surface area contributed by atoms with Gasteiger partial charge >= 0.3 is 5.97 Å². The van der Waals surface area contributed by atoms with Gasteiger partial charge < -0.3 is 9.64 Å². The van der Waals surface area contributed by atoms with Crippen molar-refractivity contribution in [2.45, 2.75) is 51.1 Å². The molecule has 0 N–H and O–H groups in total. The quantitative estimate of drug-likeness (QED) is 0.553. The van der Waals surface area contributed by atoms with Gasteiger partial charge in [0.25, 0.3) is 5.91 Å². The van der Waals surface area contributed by atoms with Crippen LogP contribution in [0, 0.1) is 5.82 Å². The number of anilines is 1.